The van der Waals surface area contributed by atoms with Gasteiger partial charge in [-0.15, -0.1) is 5.10 Å². The zero-order valence-corrected chi connectivity index (χ0v) is 24.3. The lowest BCUT2D eigenvalue weighted by atomic mass is 10.2. The second-order valence-electron chi connectivity index (χ2n) is 10.0. The van der Waals surface area contributed by atoms with Gasteiger partial charge in [0.05, 0.1) is 50.5 Å². The van der Waals surface area contributed by atoms with Gasteiger partial charge in [0.2, 0.25) is 16.5 Å². The van der Waals surface area contributed by atoms with E-state index in [-0.39, 0.29) is 36.4 Å². The van der Waals surface area contributed by atoms with E-state index in [0.717, 1.165) is 0 Å². The van der Waals surface area contributed by atoms with E-state index < -0.39 is 17.5 Å². The minimum atomic E-state index is -0.540. The zero-order chi connectivity index (χ0) is 29.8. The van der Waals surface area contributed by atoms with Gasteiger partial charge in [0.15, 0.2) is 0 Å². The molecule has 0 aliphatic carbocycles. The SMILES string of the molecule is CC(C)(C)OC(=O)NCCOCCOCCOCCC(=O)NCCCn1c(=O)c2cc(F)ccc2n2c(=S)[nH]nc12. The molecular formula is C26H37FN6O7S. The fourth-order valence-electron chi connectivity index (χ4n) is 3.80. The number of carbonyl (C=O) groups excluding carboxylic acids is 2. The second kappa shape index (κ2) is 15.6. The van der Waals surface area contributed by atoms with Gasteiger partial charge >= 0.3 is 6.09 Å². The van der Waals surface area contributed by atoms with E-state index in [0.29, 0.717) is 68.6 Å². The molecule has 3 aromatic rings. The Labute approximate surface area is 241 Å². The summed E-state index contributed by atoms with van der Waals surface area (Å²) in [7, 11) is 0. The normalized spacial score (nSPS) is 11.7. The van der Waals surface area contributed by atoms with Crippen molar-refractivity contribution in [3.8, 4) is 0 Å². The molecule has 0 atom stereocenters. The number of H-pyrrole nitrogens is 1. The van der Waals surface area contributed by atoms with E-state index in [1.54, 1.807) is 25.2 Å². The summed E-state index contributed by atoms with van der Waals surface area (Å²) in [5.41, 5.74) is -0.454. The third kappa shape index (κ3) is 10.2. The molecule has 0 saturated carbocycles. The largest absolute Gasteiger partial charge is 0.444 e. The molecule has 13 nitrogen and oxygen atoms in total. The second-order valence-corrected chi connectivity index (χ2v) is 10.4. The Morgan fingerprint density at radius 3 is 2.41 bits per heavy atom. The number of aromatic amines is 1. The van der Waals surface area contributed by atoms with Crippen LogP contribution in [0.1, 0.15) is 33.6 Å². The molecule has 2 amide bonds. The van der Waals surface area contributed by atoms with Gasteiger partial charge in [-0.25, -0.2) is 14.3 Å². The highest BCUT2D eigenvalue weighted by molar-refractivity contribution is 7.71. The zero-order valence-electron chi connectivity index (χ0n) is 23.5. The summed E-state index contributed by atoms with van der Waals surface area (Å²) in [6.45, 7) is 8.34. The molecule has 15 heteroatoms. The maximum absolute atomic E-state index is 13.8. The van der Waals surface area contributed by atoms with Crippen LogP contribution in [0, 0.1) is 10.6 Å². The van der Waals surface area contributed by atoms with Gasteiger partial charge in [-0.05, 0) is 57.6 Å². The van der Waals surface area contributed by atoms with E-state index >= 15 is 0 Å². The number of fused-ring (bicyclic) bond motifs is 3. The topological polar surface area (TPSA) is 150 Å². The summed E-state index contributed by atoms with van der Waals surface area (Å²) in [6.07, 6.45) is 0.152. The lowest BCUT2D eigenvalue weighted by Crippen LogP contribution is -2.34. The molecule has 2 heterocycles. The van der Waals surface area contributed by atoms with Gasteiger partial charge in [0.1, 0.15) is 11.4 Å². The molecule has 0 bridgehead atoms. The number of amides is 2. The summed E-state index contributed by atoms with van der Waals surface area (Å²) in [4.78, 5) is 36.6. The molecule has 226 valence electrons. The van der Waals surface area contributed by atoms with Crippen molar-refractivity contribution >= 4 is 40.9 Å². The van der Waals surface area contributed by atoms with Crippen LogP contribution >= 0.6 is 12.2 Å². The van der Waals surface area contributed by atoms with Crippen LogP contribution in [0.4, 0.5) is 9.18 Å². The lowest BCUT2D eigenvalue weighted by molar-refractivity contribution is -0.122. The number of hydrogen-bond donors (Lipinski definition) is 3. The molecule has 41 heavy (non-hydrogen) atoms. The fourth-order valence-corrected chi connectivity index (χ4v) is 4.02. The quantitative estimate of drug-likeness (QED) is 0.167. The first-order valence-corrected chi connectivity index (χ1v) is 13.7. The molecule has 3 N–H and O–H groups in total. The van der Waals surface area contributed by atoms with Crippen molar-refractivity contribution in [1.29, 1.82) is 0 Å². The molecule has 0 aliphatic heterocycles. The van der Waals surface area contributed by atoms with Crippen molar-refractivity contribution in [3.63, 3.8) is 0 Å². The molecule has 0 unspecified atom stereocenters. The van der Waals surface area contributed by atoms with Gasteiger partial charge in [0.25, 0.3) is 5.56 Å². The molecule has 0 radical (unpaired) electrons. The number of ether oxygens (including phenoxy) is 4. The lowest BCUT2D eigenvalue weighted by Gasteiger charge is -2.19. The van der Waals surface area contributed by atoms with Crippen LogP contribution in [0.5, 0.6) is 0 Å². The van der Waals surface area contributed by atoms with E-state index in [4.69, 9.17) is 31.2 Å². The summed E-state index contributed by atoms with van der Waals surface area (Å²) in [5.74, 6) is -0.380. The molecule has 0 aliphatic rings. The number of aromatic nitrogens is 4. The van der Waals surface area contributed by atoms with Crippen LogP contribution in [-0.2, 0) is 30.3 Å². The summed E-state index contributed by atoms with van der Waals surface area (Å²) in [5, 5.41) is 12.4. The minimum Gasteiger partial charge on any atom is -0.444 e. The number of rotatable bonds is 16. The number of nitrogens with one attached hydrogen (secondary N) is 3. The molecule has 2 aromatic heterocycles. The number of hydrogen-bond acceptors (Lipinski definition) is 9. The smallest absolute Gasteiger partial charge is 0.407 e. The number of alkyl carbamates (subject to hydrolysis) is 1. The fraction of sp³-hybridized carbons (Fsp3) is 0.577. The van der Waals surface area contributed by atoms with Crippen LogP contribution in [0.3, 0.4) is 0 Å². The predicted octanol–water partition coefficient (Wildman–Crippen LogP) is 2.32. The Kier molecular flexibility index (Phi) is 12.2. The average molecular weight is 597 g/mol. The van der Waals surface area contributed by atoms with Crippen molar-refractivity contribution < 1.29 is 32.9 Å². The van der Waals surface area contributed by atoms with E-state index in [2.05, 4.69) is 20.8 Å². The Hall–Kier alpha value is -3.40. The Balaban J connectivity index is 1.24. The number of carbonyl (C=O) groups is 2. The monoisotopic (exact) mass is 596 g/mol. The first kappa shape index (κ1) is 32.1. The van der Waals surface area contributed by atoms with Crippen LogP contribution in [0.25, 0.3) is 16.7 Å². The molecule has 3 rings (SSSR count). The maximum atomic E-state index is 13.8. The standard InChI is InChI=1S/C26H37FN6O7S/c1-26(2,3)40-25(36)29-9-12-38-14-16-39-15-13-37-11-7-21(34)28-8-4-10-32-22(35)19-17-18(27)5-6-20(19)33-23(32)30-31-24(33)41/h5-6,17H,4,7-16H2,1-3H3,(H,28,34)(H,29,36)(H,31,41). The van der Waals surface area contributed by atoms with E-state index in [1.165, 1.54) is 22.8 Å². The molecular weight excluding hydrogens is 559 g/mol. The van der Waals surface area contributed by atoms with Crippen molar-refractivity contribution in [3.05, 3.63) is 39.1 Å². The third-order valence-electron chi connectivity index (χ3n) is 5.58. The van der Waals surface area contributed by atoms with Crippen LogP contribution in [0.15, 0.2) is 23.0 Å². The summed E-state index contributed by atoms with van der Waals surface area (Å²) < 4.78 is 38.4. The third-order valence-corrected chi connectivity index (χ3v) is 5.86. The summed E-state index contributed by atoms with van der Waals surface area (Å²) in [6, 6.07) is 3.94. The number of benzene rings is 1. The van der Waals surface area contributed by atoms with Crippen molar-refractivity contribution in [1.82, 2.24) is 29.8 Å². The highest BCUT2D eigenvalue weighted by Crippen LogP contribution is 2.15. The first-order chi connectivity index (χ1) is 19.6. The Morgan fingerprint density at radius 1 is 1.02 bits per heavy atom. The molecule has 0 spiro atoms. The van der Waals surface area contributed by atoms with Crippen molar-refractivity contribution in [2.24, 2.45) is 0 Å². The molecule has 0 fully saturated rings. The van der Waals surface area contributed by atoms with Crippen LogP contribution in [0.2, 0.25) is 0 Å². The number of halogens is 1. The van der Waals surface area contributed by atoms with Crippen molar-refractivity contribution in [2.45, 2.75) is 45.8 Å². The predicted molar refractivity (Wildman–Crippen MR) is 151 cm³/mol. The Bertz CT molecular complexity index is 1430. The first-order valence-electron chi connectivity index (χ1n) is 13.3. The van der Waals surface area contributed by atoms with Crippen LogP contribution < -0.4 is 16.2 Å². The minimum absolute atomic E-state index is 0.181. The highest BCUT2D eigenvalue weighted by atomic mass is 32.1. The van der Waals surface area contributed by atoms with Crippen molar-refractivity contribution in [2.75, 3.05) is 52.7 Å². The van der Waals surface area contributed by atoms with Gasteiger partial charge < -0.3 is 29.6 Å². The number of nitrogens with zero attached hydrogens (tertiary/aromatic N) is 3. The van der Waals surface area contributed by atoms with E-state index in [1.807, 2.05) is 0 Å². The Morgan fingerprint density at radius 2 is 1.71 bits per heavy atom. The number of aryl methyl sites for hydroxylation is 1. The average Bonchev–Trinajstić information content (AvgIpc) is 3.28. The van der Waals surface area contributed by atoms with Gasteiger partial charge in [-0.3, -0.25) is 18.6 Å². The van der Waals surface area contributed by atoms with Gasteiger partial charge in [-0.2, -0.15) is 0 Å². The van der Waals surface area contributed by atoms with Gasteiger partial charge in [0, 0.05) is 26.1 Å². The molecule has 1 aromatic carbocycles. The van der Waals surface area contributed by atoms with Gasteiger partial charge in [-0.1, -0.05) is 0 Å². The highest BCUT2D eigenvalue weighted by Gasteiger charge is 2.16. The van der Waals surface area contributed by atoms with E-state index in [9.17, 15) is 18.8 Å². The van der Waals surface area contributed by atoms with Crippen LogP contribution in [-0.4, -0.2) is 89.5 Å². The molecule has 0 saturated heterocycles. The maximum Gasteiger partial charge on any atom is 0.407 e. The summed E-state index contributed by atoms with van der Waals surface area (Å²) >= 11 is 5.28.